The molecule has 148 valence electrons. The molecule has 1 atom stereocenters. The topological polar surface area (TPSA) is 43.4 Å². The van der Waals surface area contributed by atoms with Crippen molar-refractivity contribution in [2.45, 2.75) is 37.0 Å². The molecule has 4 heteroatoms. The highest BCUT2D eigenvalue weighted by Crippen LogP contribution is 2.61. The van der Waals surface area contributed by atoms with Crippen molar-refractivity contribution < 1.29 is 12.6 Å². The summed E-state index contributed by atoms with van der Waals surface area (Å²) in [5.41, 5.74) is 6.09. The summed E-state index contributed by atoms with van der Waals surface area (Å²) in [5, 5.41) is 0. The molecule has 3 aromatic rings. The molecule has 0 fully saturated rings. The minimum atomic E-state index is -3.79. The SMILES string of the molecule is Cc1ccc(S(=O)(=O)OC[C@]2(C)CC3c4ccccc4C2c2ccccc23)cc1. The first-order valence-electron chi connectivity index (χ1n) is 10.0. The maximum absolute atomic E-state index is 12.8. The Kier molecular flexibility index (Phi) is 4.19. The van der Waals surface area contributed by atoms with Crippen LogP contribution in [0.15, 0.2) is 77.7 Å². The predicted octanol–water partition coefficient (Wildman–Crippen LogP) is 5.39. The second kappa shape index (κ2) is 6.54. The Labute approximate surface area is 172 Å². The normalized spacial score (nSPS) is 24.8. The predicted molar refractivity (Wildman–Crippen MR) is 114 cm³/mol. The summed E-state index contributed by atoms with van der Waals surface area (Å²) in [7, 11) is -3.79. The van der Waals surface area contributed by atoms with E-state index < -0.39 is 10.1 Å². The smallest absolute Gasteiger partial charge is 0.266 e. The van der Waals surface area contributed by atoms with Crippen molar-refractivity contribution in [2.75, 3.05) is 6.61 Å². The van der Waals surface area contributed by atoms with E-state index in [-0.39, 0.29) is 28.8 Å². The summed E-state index contributed by atoms with van der Waals surface area (Å²) in [6, 6.07) is 24.0. The lowest BCUT2D eigenvalue weighted by molar-refractivity contribution is 0.113. The van der Waals surface area contributed by atoms with Gasteiger partial charge in [-0.05, 0) is 47.7 Å². The molecule has 0 saturated carbocycles. The van der Waals surface area contributed by atoms with E-state index in [1.807, 2.05) is 6.92 Å². The Hall–Kier alpha value is -2.43. The Bertz CT molecular complexity index is 1130. The van der Waals surface area contributed by atoms with Crippen LogP contribution in [0.25, 0.3) is 0 Å². The van der Waals surface area contributed by atoms with E-state index in [9.17, 15) is 8.42 Å². The second-order valence-corrected chi connectivity index (χ2v) is 10.2. The number of aryl methyl sites for hydroxylation is 1. The molecule has 2 bridgehead atoms. The number of fused-ring (bicyclic) bond motifs is 1. The van der Waals surface area contributed by atoms with E-state index in [0.717, 1.165) is 12.0 Å². The van der Waals surface area contributed by atoms with E-state index in [0.29, 0.717) is 0 Å². The van der Waals surface area contributed by atoms with Gasteiger partial charge in [0.05, 0.1) is 11.5 Å². The highest BCUT2D eigenvalue weighted by Gasteiger charge is 2.50. The first-order chi connectivity index (χ1) is 13.9. The third-order valence-corrected chi connectivity index (χ3v) is 7.86. The molecule has 0 aromatic heterocycles. The lowest BCUT2D eigenvalue weighted by atomic mass is 9.53. The van der Waals surface area contributed by atoms with Gasteiger partial charge in [0.1, 0.15) is 0 Å². The molecule has 0 spiro atoms. The van der Waals surface area contributed by atoms with E-state index in [4.69, 9.17) is 4.18 Å². The monoisotopic (exact) mass is 404 g/mol. The van der Waals surface area contributed by atoms with E-state index in [2.05, 4.69) is 55.5 Å². The maximum Gasteiger partial charge on any atom is 0.296 e. The molecule has 0 radical (unpaired) electrons. The lowest BCUT2D eigenvalue weighted by Gasteiger charge is -2.51. The molecule has 29 heavy (non-hydrogen) atoms. The van der Waals surface area contributed by atoms with Gasteiger partial charge in [-0.25, -0.2) is 0 Å². The Morgan fingerprint density at radius 1 is 0.862 bits per heavy atom. The van der Waals surface area contributed by atoms with E-state index in [1.165, 1.54) is 22.3 Å². The minimum absolute atomic E-state index is 0.133. The van der Waals surface area contributed by atoms with Crippen LogP contribution >= 0.6 is 0 Å². The Morgan fingerprint density at radius 2 is 1.38 bits per heavy atom. The van der Waals surface area contributed by atoms with Crippen LogP contribution in [-0.4, -0.2) is 15.0 Å². The van der Waals surface area contributed by atoms with Gasteiger partial charge in [0, 0.05) is 17.3 Å². The van der Waals surface area contributed by atoms with E-state index >= 15 is 0 Å². The Morgan fingerprint density at radius 3 is 1.93 bits per heavy atom. The third kappa shape index (κ3) is 2.93. The first-order valence-corrected chi connectivity index (χ1v) is 11.4. The van der Waals surface area contributed by atoms with Gasteiger partial charge >= 0.3 is 0 Å². The van der Waals surface area contributed by atoms with Crippen LogP contribution in [0.4, 0.5) is 0 Å². The van der Waals surface area contributed by atoms with Crippen molar-refractivity contribution in [1.82, 2.24) is 0 Å². The molecule has 0 aliphatic heterocycles. The molecule has 0 amide bonds. The molecule has 0 N–H and O–H groups in total. The van der Waals surface area contributed by atoms with Crippen molar-refractivity contribution in [3.8, 4) is 0 Å². The largest absolute Gasteiger partial charge is 0.296 e. The van der Waals surface area contributed by atoms with E-state index in [1.54, 1.807) is 24.3 Å². The highest BCUT2D eigenvalue weighted by molar-refractivity contribution is 7.86. The van der Waals surface area contributed by atoms with Crippen molar-refractivity contribution >= 4 is 10.1 Å². The fourth-order valence-electron chi connectivity index (χ4n) is 5.20. The van der Waals surface area contributed by atoms with Crippen molar-refractivity contribution in [2.24, 2.45) is 5.41 Å². The summed E-state index contributed by atoms with van der Waals surface area (Å²) in [5.74, 6) is 0.413. The zero-order valence-electron chi connectivity index (χ0n) is 16.6. The van der Waals surface area contributed by atoms with Crippen LogP contribution in [0.1, 0.15) is 53.0 Å². The number of benzene rings is 3. The van der Waals surface area contributed by atoms with Crippen LogP contribution in [0.5, 0.6) is 0 Å². The van der Waals surface area contributed by atoms with Gasteiger partial charge in [-0.1, -0.05) is 73.2 Å². The summed E-state index contributed by atoms with van der Waals surface area (Å²) in [4.78, 5) is 0.216. The third-order valence-electron chi connectivity index (χ3n) is 6.59. The first kappa shape index (κ1) is 18.6. The molecule has 3 aromatic carbocycles. The van der Waals surface area contributed by atoms with Gasteiger partial charge in [0.15, 0.2) is 0 Å². The van der Waals surface area contributed by atoms with Crippen LogP contribution in [0, 0.1) is 12.3 Å². The fraction of sp³-hybridized carbons (Fsp3) is 0.280. The van der Waals surface area contributed by atoms with Crippen molar-refractivity contribution in [3.05, 3.63) is 101 Å². The highest BCUT2D eigenvalue weighted by atomic mass is 32.2. The van der Waals surface area contributed by atoms with Crippen molar-refractivity contribution in [3.63, 3.8) is 0 Å². The zero-order chi connectivity index (χ0) is 20.2. The molecule has 6 rings (SSSR count). The molecular formula is C25H24O3S. The van der Waals surface area contributed by atoms with Crippen molar-refractivity contribution in [1.29, 1.82) is 0 Å². The minimum Gasteiger partial charge on any atom is -0.266 e. The molecule has 0 saturated heterocycles. The van der Waals surface area contributed by atoms with Crippen LogP contribution in [-0.2, 0) is 14.3 Å². The summed E-state index contributed by atoms with van der Waals surface area (Å²) >= 11 is 0. The van der Waals surface area contributed by atoms with Gasteiger partial charge in [0.25, 0.3) is 10.1 Å². The number of rotatable bonds is 4. The molecular weight excluding hydrogens is 380 g/mol. The number of hydrogen-bond donors (Lipinski definition) is 0. The summed E-state index contributed by atoms with van der Waals surface area (Å²) < 4.78 is 31.3. The van der Waals surface area contributed by atoms with Gasteiger partial charge in [0.2, 0.25) is 0 Å². The molecule has 3 nitrogen and oxygen atoms in total. The lowest BCUT2D eigenvalue weighted by Crippen LogP contribution is -2.42. The van der Waals surface area contributed by atoms with Gasteiger partial charge in [-0.3, -0.25) is 4.18 Å². The van der Waals surface area contributed by atoms with Crippen LogP contribution in [0.2, 0.25) is 0 Å². The second-order valence-electron chi connectivity index (χ2n) is 8.63. The molecule has 0 unspecified atom stereocenters. The van der Waals surface area contributed by atoms with Gasteiger partial charge < -0.3 is 0 Å². The van der Waals surface area contributed by atoms with Crippen LogP contribution in [0.3, 0.4) is 0 Å². The van der Waals surface area contributed by atoms with Gasteiger partial charge in [-0.15, -0.1) is 0 Å². The summed E-state index contributed by atoms with van der Waals surface area (Å²) in [6.45, 7) is 4.28. The maximum atomic E-state index is 12.8. The fourth-order valence-corrected chi connectivity index (χ4v) is 6.23. The quantitative estimate of drug-likeness (QED) is 0.548. The Balaban J connectivity index is 1.51. The zero-order valence-corrected chi connectivity index (χ0v) is 17.4. The standard InChI is InChI=1S/C25H24O3S/c1-17-11-13-18(14-12-17)29(26,27)28-16-25(2)15-23-19-7-3-5-9-21(19)24(25)22-10-6-4-8-20(22)23/h3-14,23-24H,15-16H2,1-2H3/t23?,24?,25-/m0/s1. The average molecular weight is 405 g/mol. The van der Waals surface area contributed by atoms with Gasteiger partial charge in [-0.2, -0.15) is 8.42 Å². The molecule has 0 heterocycles. The molecule has 3 aliphatic rings. The van der Waals surface area contributed by atoms with Crippen LogP contribution < -0.4 is 0 Å². The summed E-state index contributed by atoms with van der Waals surface area (Å²) in [6.07, 6.45) is 0.884. The molecule has 3 aliphatic carbocycles. The average Bonchev–Trinajstić information content (AvgIpc) is 2.73. The number of hydrogen-bond acceptors (Lipinski definition) is 3.